The van der Waals surface area contributed by atoms with Crippen LogP contribution in [0.3, 0.4) is 0 Å². The number of oxazole rings is 1. The van der Waals surface area contributed by atoms with Gasteiger partial charge in [-0.1, -0.05) is 24.3 Å². The normalized spacial score (nSPS) is 12.0. The first kappa shape index (κ1) is 17.2. The van der Waals surface area contributed by atoms with Crippen LogP contribution in [-0.2, 0) is 12.0 Å². The standard InChI is InChI=1S/C19H20N6O2/c1-11-15(18-21-8-9-27-18)23-16(20)17-22-14(24-25(11)17)10-12-4-6-13(7-5-12)19(2,3)26/h4-9,26H,10H2,1-3H3,(H2,20,23). The molecule has 0 aliphatic heterocycles. The molecule has 138 valence electrons. The maximum absolute atomic E-state index is 10.1. The maximum atomic E-state index is 10.1. The van der Waals surface area contributed by atoms with E-state index in [0.29, 0.717) is 29.5 Å². The van der Waals surface area contributed by atoms with Crippen molar-refractivity contribution in [2.24, 2.45) is 0 Å². The minimum atomic E-state index is -0.868. The van der Waals surface area contributed by atoms with Gasteiger partial charge in [0.05, 0.1) is 17.5 Å². The van der Waals surface area contributed by atoms with Gasteiger partial charge in [0.1, 0.15) is 12.0 Å². The van der Waals surface area contributed by atoms with Crippen LogP contribution in [0.1, 0.15) is 36.5 Å². The molecule has 0 amide bonds. The summed E-state index contributed by atoms with van der Waals surface area (Å²) in [5, 5.41) is 14.6. The van der Waals surface area contributed by atoms with Crippen molar-refractivity contribution in [1.29, 1.82) is 0 Å². The molecule has 0 unspecified atom stereocenters. The third kappa shape index (κ3) is 3.15. The predicted octanol–water partition coefficient (Wildman–Crippen LogP) is 2.49. The lowest BCUT2D eigenvalue weighted by atomic mass is 9.97. The minimum Gasteiger partial charge on any atom is -0.443 e. The molecule has 8 nitrogen and oxygen atoms in total. The summed E-state index contributed by atoms with van der Waals surface area (Å²) >= 11 is 0. The summed E-state index contributed by atoms with van der Waals surface area (Å²) in [5.41, 5.74) is 8.89. The van der Waals surface area contributed by atoms with Gasteiger partial charge in [0.2, 0.25) is 5.89 Å². The third-order valence-corrected chi connectivity index (χ3v) is 4.43. The van der Waals surface area contributed by atoms with Crippen LogP contribution in [0, 0.1) is 6.92 Å². The van der Waals surface area contributed by atoms with E-state index in [-0.39, 0.29) is 5.82 Å². The van der Waals surface area contributed by atoms with Crippen LogP contribution in [0.15, 0.2) is 41.1 Å². The molecule has 8 heteroatoms. The van der Waals surface area contributed by atoms with Gasteiger partial charge in [-0.3, -0.25) is 0 Å². The van der Waals surface area contributed by atoms with E-state index in [1.54, 1.807) is 24.6 Å². The summed E-state index contributed by atoms with van der Waals surface area (Å²) in [5.74, 6) is 1.29. The van der Waals surface area contributed by atoms with Gasteiger partial charge < -0.3 is 15.3 Å². The van der Waals surface area contributed by atoms with Crippen LogP contribution in [0.4, 0.5) is 5.82 Å². The second kappa shape index (κ2) is 6.17. The summed E-state index contributed by atoms with van der Waals surface area (Å²) in [6, 6.07) is 7.75. The topological polar surface area (TPSA) is 115 Å². The van der Waals surface area contributed by atoms with E-state index >= 15 is 0 Å². The van der Waals surface area contributed by atoms with Crippen LogP contribution in [0.5, 0.6) is 0 Å². The average Bonchev–Trinajstić information content (AvgIpc) is 3.28. The highest BCUT2D eigenvalue weighted by molar-refractivity contribution is 5.66. The van der Waals surface area contributed by atoms with Crippen LogP contribution in [0.2, 0.25) is 0 Å². The van der Waals surface area contributed by atoms with Crippen molar-refractivity contribution in [3.8, 4) is 11.6 Å². The Balaban J connectivity index is 1.70. The highest BCUT2D eigenvalue weighted by Crippen LogP contribution is 2.24. The monoisotopic (exact) mass is 364 g/mol. The van der Waals surface area contributed by atoms with Gasteiger partial charge in [0.15, 0.2) is 17.3 Å². The number of aliphatic hydroxyl groups is 1. The zero-order chi connectivity index (χ0) is 19.2. The van der Waals surface area contributed by atoms with Crippen molar-refractivity contribution >= 4 is 11.5 Å². The SMILES string of the molecule is Cc1c(-c2ncco2)nc(N)c2nc(Cc3ccc(C(C)(C)O)cc3)nn12. The molecule has 0 spiro atoms. The number of aryl methyl sites for hydroxylation is 1. The van der Waals surface area contributed by atoms with Crippen molar-refractivity contribution in [3.63, 3.8) is 0 Å². The largest absolute Gasteiger partial charge is 0.443 e. The molecule has 3 aromatic heterocycles. The molecule has 4 aromatic rings. The van der Waals surface area contributed by atoms with Crippen LogP contribution in [-0.4, -0.2) is 29.7 Å². The lowest BCUT2D eigenvalue weighted by Crippen LogP contribution is -2.15. The molecule has 0 radical (unpaired) electrons. The van der Waals surface area contributed by atoms with Gasteiger partial charge >= 0.3 is 0 Å². The Labute approximate surface area is 155 Å². The molecule has 4 rings (SSSR count). The van der Waals surface area contributed by atoms with Gasteiger partial charge in [-0.15, -0.1) is 0 Å². The number of aromatic nitrogens is 5. The highest BCUT2D eigenvalue weighted by Gasteiger charge is 2.18. The van der Waals surface area contributed by atoms with Crippen molar-refractivity contribution in [3.05, 3.63) is 59.4 Å². The Morgan fingerprint density at radius 2 is 1.93 bits per heavy atom. The van der Waals surface area contributed by atoms with Gasteiger partial charge in [-0.25, -0.2) is 19.5 Å². The van der Waals surface area contributed by atoms with Crippen LogP contribution < -0.4 is 5.73 Å². The van der Waals surface area contributed by atoms with Crippen molar-refractivity contribution in [2.45, 2.75) is 32.8 Å². The fourth-order valence-corrected chi connectivity index (χ4v) is 2.94. The number of anilines is 1. The molecule has 0 atom stereocenters. The number of nitrogen functional groups attached to an aromatic ring is 1. The van der Waals surface area contributed by atoms with E-state index in [2.05, 4.69) is 20.1 Å². The summed E-state index contributed by atoms with van der Waals surface area (Å²) in [7, 11) is 0. The molecule has 3 N–H and O–H groups in total. The average molecular weight is 364 g/mol. The number of benzene rings is 1. The Hall–Kier alpha value is -3.26. The van der Waals surface area contributed by atoms with E-state index in [0.717, 1.165) is 16.8 Å². The summed E-state index contributed by atoms with van der Waals surface area (Å²) in [6.07, 6.45) is 3.59. The lowest BCUT2D eigenvalue weighted by Gasteiger charge is -2.17. The molecule has 0 saturated carbocycles. The Bertz CT molecular complexity index is 1090. The van der Waals surface area contributed by atoms with Crippen molar-refractivity contribution in [1.82, 2.24) is 24.6 Å². The highest BCUT2D eigenvalue weighted by atomic mass is 16.3. The second-order valence-corrected chi connectivity index (χ2v) is 6.96. The smallest absolute Gasteiger partial charge is 0.246 e. The number of fused-ring (bicyclic) bond motifs is 1. The molecule has 0 aliphatic rings. The summed E-state index contributed by atoms with van der Waals surface area (Å²) < 4.78 is 7.00. The van der Waals surface area contributed by atoms with Gasteiger partial charge in [-0.05, 0) is 31.9 Å². The molecule has 0 bridgehead atoms. The van der Waals surface area contributed by atoms with E-state index in [1.165, 1.54) is 6.26 Å². The van der Waals surface area contributed by atoms with Gasteiger partial charge in [0, 0.05) is 6.42 Å². The lowest BCUT2D eigenvalue weighted by molar-refractivity contribution is 0.0786. The molecule has 0 fully saturated rings. The minimum absolute atomic E-state index is 0.268. The second-order valence-electron chi connectivity index (χ2n) is 6.96. The molecule has 3 heterocycles. The van der Waals surface area contributed by atoms with Gasteiger partial charge in [0.25, 0.3) is 0 Å². The fourth-order valence-electron chi connectivity index (χ4n) is 2.94. The number of nitrogens with zero attached hydrogens (tertiary/aromatic N) is 5. The first-order chi connectivity index (χ1) is 12.8. The van der Waals surface area contributed by atoms with Gasteiger partial charge in [-0.2, -0.15) is 5.10 Å². The van der Waals surface area contributed by atoms with E-state index in [9.17, 15) is 5.11 Å². The Morgan fingerprint density at radius 1 is 1.19 bits per heavy atom. The van der Waals surface area contributed by atoms with Crippen LogP contribution >= 0.6 is 0 Å². The maximum Gasteiger partial charge on any atom is 0.246 e. The predicted molar refractivity (Wildman–Crippen MR) is 99.9 cm³/mol. The number of rotatable bonds is 4. The summed E-state index contributed by atoms with van der Waals surface area (Å²) in [4.78, 5) is 13.0. The van der Waals surface area contributed by atoms with E-state index in [4.69, 9.17) is 10.2 Å². The molecule has 1 aromatic carbocycles. The van der Waals surface area contributed by atoms with Crippen LogP contribution in [0.25, 0.3) is 17.2 Å². The number of nitrogens with two attached hydrogens (primary N) is 1. The fraction of sp³-hybridized carbons (Fsp3) is 0.263. The van der Waals surface area contributed by atoms with Crippen molar-refractivity contribution < 1.29 is 9.52 Å². The first-order valence-corrected chi connectivity index (χ1v) is 8.56. The zero-order valence-electron chi connectivity index (χ0n) is 15.3. The molecular weight excluding hydrogens is 344 g/mol. The molecule has 0 aliphatic carbocycles. The van der Waals surface area contributed by atoms with E-state index in [1.807, 2.05) is 31.2 Å². The Kier molecular flexibility index (Phi) is 3.92. The molecule has 0 saturated heterocycles. The van der Waals surface area contributed by atoms with Crippen molar-refractivity contribution in [2.75, 3.05) is 5.73 Å². The van der Waals surface area contributed by atoms with E-state index < -0.39 is 5.60 Å². The third-order valence-electron chi connectivity index (χ3n) is 4.43. The summed E-state index contributed by atoms with van der Waals surface area (Å²) in [6.45, 7) is 5.39. The number of hydrogen-bond donors (Lipinski definition) is 2. The molecular formula is C19H20N6O2. The molecule has 27 heavy (non-hydrogen) atoms. The first-order valence-electron chi connectivity index (χ1n) is 8.56. The Morgan fingerprint density at radius 3 is 2.56 bits per heavy atom. The number of hydrogen-bond acceptors (Lipinski definition) is 7. The quantitative estimate of drug-likeness (QED) is 0.571. The zero-order valence-corrected chi connectivity index (χ0v) is 15.3.